The van der Waals surface area contributed by atoms with Crippen LogP contribution in [0, 0.1) is 5.82 Å². The molecule has 0 spiro atoms. The van der Waals surface area contributed by atoms with Crippen LogP contribution in [-0.4, -0.2) is 29.8 Å². The van der Waals surface area contributed by atoms with E-state index in [1.807, 2.05) is 14.0 Å². The first-order chi connectivity index (χ1) is 10.1. The van der Waals surface area contributed by atoms with E-state index in [2.05, 4.69) is 31.4 Å². The Kier molecular flexibility index (Phi) is 7.78. The summed E-state index contributed by atoms with van der Waals surface area (Å²) in [5.74, 6) is 0.952. The fourth-order valence-corrected chi connectivity index (χ4v) is 2.02. The topological polar surface area (TPSA) is 60.2 Å². The van der Waals surface area contributed by atoms with Gasteiger partial charge >= 0.3 is 0 Å². The van der Waals surface area contributed by atoms with Gasteiger partial charge in [-0.2, -0.15) is 4.98 Å². The monoisotopic (exact) mass is 393 g/mol. The summed E-state index contributed by atoms with van der Waals surface area (Å²) < 4.78 is 24.7. The number of aromatic nitrogens is 2. The van der Waals surface area contributed by atoms with Gasteiger partial charge in [0.25, 0.3) is 0 Å². The lowest BCUT2D eigenvalue weighted by molar-refractivity contribution is 0.281. The van der Waals surface area contributed by atoms with E-state index in [0.717, 1.165) is 0 Å². The molecule has 1 aromatic carbocycles. The zero-order valence-corrected chi connectivity index (χ0v) is 14.7. The van der Waals surface area contributed by atoms with Gasteiger partial charge in [-0.15, -0.1) is 12.4 Å². The van der Waals surface area contributed by atoms with Gasteiger partial charge in [0.15, 0.2) is 17.4 Å². The number of nitrogens with one attached hydrogen (secondary N) is 1. The van der Waals surface area contributed by atoms with Crippen molar-refractivity contribution in [1.29, 1.82) is 0 Å². The predicted octanol–water partition coefficient (Wildman–Crippen LogP) is 3.16. The Bertz CT molecular complexity index is 597. The molecule has 0 fully saturated rings. The van der Waals surface area contributed by atoms with Crippen molar-refractivity contribution in [2.45, 2.75) is 25.8 Å². The molecule has 1 atom stereocenters. The second kappa shape index (κ2) is 9.07. The van der Waals surface area contributed by atoms with Crippen molar-refractivity contribution in [2.24, 2.45) is 0 Å². The highest BCUT2D eigenvalue weighted by Gasteiger charge is 2.10. The van der Waals surface area contributed by atoms with Gasteiger partial charge in [-0.05, 0) is 32.2 Å². The van der Waals surface area contributed by atoms with E-state index in [-0.39, 0.29) is 30.8 Å². The molecule has 1 unspecified atom stereocenters. The van der Waals surface area contributed by atoms with Gasteiger partial charge in [0.2, 0.25) is 5.89 Å². The van der Waals surface area contributed by atoms with Crippen LogP contribution < -0.4 is 10.1 Å². The highest BCUT2D eigenvalue weighted by Crippen LogP contribution is 2.21. The Morgan fingerprint density at radius 1 is 1.45 bits per heavy atom. The number of rotatable bonds is 7. The van der Waals surface area contributed by atoms with Crippen molar-refractivity contribution in [1.82, 2.24) is 15.5 Å². The van der Waals surface area contributed by atoms with Crippen LogP contribution in [0.15, 0.2) is 27.2 Å². The molecule has 0 aliphatic carbocycles. The quantitative estimate of drug-likeness (QED) is 0.781. The summed E-state index contributed by atoms with van der Waals surface area (Å²) in [7, 11) is 1.88. The Balaban J connectivity index is 0.00000242. The molecule has 8 heteroatoms. The molecule has 2 rings (SSSR count). The molecular weight excluding hydrogens is 377 g/mol. The summed E-state index contributed by atoms with van der Waals surface area (Å²) in [4.78, 5) is 4.27. The lowest BCUT2D eigenvalue weighted by Crippen LogP contribution is -2.24. The number of hydrogen-bond donors (Lipinski definition) is 1. The zero-order valence-electron chi connectivity index (χ0n) is 12.3. The molecule has 122 valence electrons. The van der Waals surface area contributed by atoms with Crippen molar-refractivity contribution < 1.29 is 13.7 Å². The molecule has 0 aliphatic rings. The molecule has 0 saturated carbocycles. The van der Waals surface area contributed by atoms with E-state index >= 15 is 0 Å². The third-order valence-electron chi connectivity index (χ3n) is 2.96. The summed E-state index contributed by atoms with van der Waals surface area (Å²) in [6.07, 6.45) is 1.14. The van der Waals surface area contributed by atoms with Gasteiger partial charge in [-0.1, -0.05) is 21.1 Å². The molecule has 0 saturated heterocycles. The standard InChI is InChI=1S/C14H17BrFN3O2.ClH/c1-9(17-2)7-13-18-14(21-19-13)5-6-20-12-4-3-10(15)8-11(12)16;/h3-4,8-9,17H,5-7H2,1-2H3;1H. The van der Waals surface area contributed by atoms with Crippen molar-refractivity contribution >= 4 is 28.3 Å². The van der Waals surface area contributed by atoms with Crippen LogP contribution in [0.3, 0.4) is 0 Å². The second-order valence-corrected chi connectivity index (χ2v) is 5.59. The number of ether oxygens (including phenoxy) is 1. The van der Waals surface area contributed by atoms with Crippen LogP contribution in [0.1, 0.15) is 18.6 Å². The van der Waals surface area contributed by atoms with Gasteiger partial charge in [0.1, 0.15) is 0 Å². The van der Waals surface area contributed by atoms with Gasteiger partial charge in [0, 0.05) is 16.9 Å². The van der Waals surface area contributed by atoms with Crippen LogP contribution in [0.5, 0.6) is 5.75 Å². The van der Waals surface area contributed by atoms with Crippen LogP contribution in [0.2, 0.25) is 0 Å². The van der Waals surface area contributed by atoms with Crippen molar-refractivity contribution in [3.05, 3.63) is 40.2 Å². The number of halogens is 3. The van der Waals surface area contributed by atoms with E-state index in [1.165, 1.54) is 6.07 Å². The number of hydrogen-bond acceptors (Lipinski definition) is 5. The van der Waals surface area contributed by atoms with Gasteiger partial charge < -0.3 is 14.6 Å². The maximum absolute atomic E-state index is 13.5. The van der Waals surface area contributed by atoms with Crippen LogP contribution >= 0.6 is 28.3 Å². The predicted molar refractivity (Wildman–Crippen MR) is 87.1 cm³/mol. The first kappa shape index (κ1) is 18.9. The summed E-state index contributed by atoms with van der Waals surface area (Å²) in [6, 6.07) is 4.94. The second-order valence-electron chi connectivity index (χ2n) is 4.67. The van der Waals surface area contributed by atoms with Gasteiger partial charge in [-0.25, -0.2) is 4.39 Å². The molecule has 1 heterocycles. The van der Waals surface area contributed by atoms with Crippen LogP contribution in [0.4, 0.5) is 4.39 Å². The summed E-state index contributed by atoms with van der Waals surface area (Å²) in [5, 5.41) is 7.00. The molecule has 1 N–H and O–H groups in total. The minimum atomic E-state index is -0.404. The number of nitrogens with zero attached hydrogens (tertiary/aromatic N) is 2. The molecule has 2 aromatic rings. The van der Waals surface area contributed by atoms with Crippen LogP contribution in [-0.2, 0) is 12.8 Å². The molecule has 5 nitrogen and oxygen atoms in total. The first-order valence-corrected chi connectivity index (χ1v) is 7.44. The molecule has 0 radical (unpaired) electrons. The smallest absolute Gasteiger partial charge is 0.230 e. The first-order valence-electron chi connectivity index (χ1n) is 6.65. The molecule has 0 bridgehead atoms. The van der Waals surface area contributed by atoms with Crippen molar-refractivity contribution in [3.63, 3.8) is 0 Å². The SMILES string of the molecule is CNC(C)Cc1noc(CCOc2ccc(Br)cc2F)n1.Cl. The minimum absolute atomic E-state index is 0. The number of likely N-dealkylation sites (N-methyl/N-ethyl adjacent to an activating group) is 1. The lowest BCUT2D eigenvalue weighted by atomic mass is 10.2. The molecule has 1 aromatic heterocycles. The normalized spacial score (nSPS) is 11.8. The Morgan fingerprint density at radius 3 is 2.91 bits per heavy atom. The van der Waals surface area contributed by atoms with Gasteiger partial charge in [-0.3, -0.25) is 0 Å². The van der Waals surface area contributed by atoms with Crippen LogP contribution in [0.25, 0.3) is 0 Å². The number of benzene rings is 1. The molecule has 22 heavy (non-hydrogen) atoms. The maximum atomic E-state index is 13.5. The molecular formula is C14H18BrClFN3O2. The average Bonchev–Trinajstić information content (AvgIpc) is 2.88. The molecule has 0 aliphatic heterocycles. The van der Waals surface area contributed by atoms with Crippen molar-refractivity contribution in [2.75, 3.05) is 13.7 Å². The van der Waals surface area contributed by atoms with E-state index in [4.69, 9.17) is 9.26 Å². The zero-order chi connectivity index (χ0) is 15.2. The fourth-order valence-electron chi connectivity index (χ4n) is 1.69. The largest absolute Gasteiger partial charge is 0.490 e. The highest BCUT2D eigenvalue weighted by molar-refractivity contribution is 9.10. The third-order valence-corrected chi connectivity index (χ3v) is 3.45. The maximum Gasteiger partial charge on any atom is 0.230 e. The Hall–Kier alpha value is -1.18. The summed E-state index contributed by atoms with van der Waals surface area (Å²) >= 11 is 3.20. The van der Waals surface area contributed by atoms with Gasteiger partial charge in [0.05, 0.1) is 13.0 Å². The fraction of sp³-hybridized carbons (Fsp3) is 0.429. The van der Waals surface area contributed by atoms with E-state index in [1.54, 1.807) is 12.1 Å². The highest BCUT2D eigenvalue weighted by atomic mass is 79.9. The third kappa shape index (κ3) is 5.55. The average molecular weight is 395 g/mol. The lowest BCUT2D eigenvalue weighted by Gasteiger charge is -2.05. The van der Waals surface area contributed by atoms with E-state index < -0.39 is 5.82 Å². The van der Waals surface area contributed by atoms with E-state index in [9.17, 15) is 4.39 Å². The Morgan fingerprint density at radius 2 is 2.23 bits per heavy atom. The molecule has 0 amide bonds. The summed E-state index contributed by atoms with van der Waals surface area (Å²) in [5.41, 5.74) is 0. The Labute approximate surface area is 143 Å². The minimum Gasteiger partial charge on any atom is -0.490 e. The summed E-state index contributed by atoms with van der Waals surface area (Å²) in [6.45, 7) is 2.32. The van der Waals surface area contributed by atoms with Crippen molar-refractivity contribution in [3.8, 4) is 5.75 Å². The van der Waals surface area contributed by atoms with E-state index in [0.29, 0.717) is 29.0 Å².